The van der Waals surface area contributed by atoms with E-state index in [9.17, 15) is 9.59 Å². The van der Waals surface area contributed by atoms with E-state index >= 15 is 0 Å². The minimum absolute atomic E-state index is 0.248. The van der Waals surface area contributed by atoms with Crippen molar-refractivity contribution in [1.29, 1.82) is 0 Å². The van der Waals surface area contributed by atoms with Crippen molar-refractivity contribution in [1.82, 2.24) is 4.90 Å². The van der Waals surface area contributed by atoms with Crippen molar-refractivity contribution < 1.29 is 9.59 Å². The van der Waals surface area contributed by atoms with E-state index in [1.165, 1.54) is 10.5 Å². The minimum atomic E-state index is -0.255. The van der Waals surface area contributed by atoms with Crippen molar-refractivity contribution in [3.8, 4) is 0 Å². The first-order valence-corrected chi connectivity index (χ1v) is 13.4. The molecule has 4 nitrogen and oxygen atoms in total. The Morgan fingerprint density at radius 2 is 1.24 bits per heavy atom. The van der Waals surface area contributed by atoms with Crippen molar-refractivity contribution in [3.05, 3.63) is 148 Å². The number of benzene rings is 5. The van der Waals surface area contributed by atoms with Crippen molar-refractivity contribution in [2.45, 2.75) is 19.6 Å². The van der Waals surface area contributed by atoms with Crippen LogP contribution in [0.15, 0.2) is 120 Å². The molecule has 0 aliphatic carbocycles. The van der Waals surface area contributed by atoms with Gasteiger partial charge in [-0.25, -0.2) is 0 Å². The fourth-order valence-corrected chi connectivity index (χ4v) is 5.59. The van der Waals surface area contributed by atoms with Crippen LogP contribution in [0.2, 0.25) is 0 Å². The molecule has 0 fully saturated rings. The molecule has 0 atom stereocenters. The van der Waals surface area contributed by atoms with E-state index in [-0.39, 0.29) is 18.4 Å². The Morgan fingerprint density at radius 3 is 1.95 bits per heavy atom. The van der Waals surface area contributed by atoms with Gasteiger partial charge in [-0.3, -0.25) is 14.5 Å². The van der Waals surface area contributed by atoms with Crippen LogP contribution in [0.5, 0.6) is 0 Å². The second-order valence-corrected chi connectivity index (χ2v) is 10.3. The zero-order chi connectivity index (χ0) is 26.1. The van der Waals surface area contributed by atoms with Crippen molar-refractivity contribution in [3.63, 3.8) is 0 Å². The molecule has 1 heterocycles. The van der Waals surface area contributed by atoms with E-state index < -0.39 is 0 Å². The molecule has 5 aromatic carbocycles. The molecule has 0 N–H and O–H groups in total. The van der Waals surface area contributed by atoms with Gasteiger partial charge in [-0.2, -0.15) is 0 Å². The van der Waals surface area contributed by atoms with Crippen LogP contribution in [0, 0.1) is 0 Å². The second-order valence-electron chi connectivity index (χ2n) is 9.48. The molecule has 0 aromatic heterocycles. The number of rotatable bonds is 7. The first-order chi connectivity index (χ1) is 18.6. The monoisotopic (exact) mass is 560 g/mol. The zero-order valence-electron chi connectivity index (χ0n) is 20.7. The molecule has 2 amide bonds. The molecule has 0 radical (unpaired) electrons. The third kappa shape index (κ3) is 4.50. The summed E-state index contributed by atoms with van der Waals surface area (Å²) in [6, 6.07) is 37.8. The Hall–Kier alpha value is -4.22. The van der Waals surface area contributed by atoms with Gasteiger partial charge in [0.2, 0.25) is 0 Å². The van der Waals surface area contributed by atoms with Gasteiger partial charge < -0.3 is 4.90 Å². The molecule has 186 valence electrons. The standard InChI is InChI=1S/C33H25BrN2O2/c34-29-17-8-7-14-25(29)22-35(20-23-10-3-1-4-11-23)30-19-18-28-31-26(30)15-9-16-27(31)32(37)36(33(28)38)21-24-12-5-2-6-13-24/h1-19H,20-22H2. The highest BCUT2D eigenvalue weighted by Gasteiger charge is 2.33. The number of halogens is 1. The number of carbonyl (C=O) groups is 2. The van der Waals surface area contributed by atoms with Crippen molar-refractivity contribution in [2.24, 2.45) is 0 Å². The summed E-state index contributed by atoms with van der Waals surface area (Å²) in [5.41, 5.74) is 5.38. The average molecular weight is 561 g/mol. The number of amides is 2. The molecule has 1 aliphatic rings. The van der Waals surface area contributed by atoms with Gasteiger partial charge in [0.25, 0.3) is 11.8 Å². The molecule has 0 saturated heterocycles. The molecule has 5 heteroatoms. The third-order valence-electron chi connectivity index (χ3n) is 7.03. The van der Waals surface area contributed by atoms with E-state index in [1.807, 2.05) is 97.1 Å². The topological polar surface area (TPSA) is 40.6 Å². The summed E-state index contributed by atoms with van der Waals surface area (Å²) < 4.78 is 1.04. The van der Waals surface area contributed by atoms with Gasteiger partial charge in [-0.15, -0.1) is 0 Å². The molecule has 6 rings (SSSR count). The normalized spacial score (nSPS) is 12.7. The summed E-state index contributed by atoms with van der Waals surface area (Å²) in [6.45, 7) is 1.60. The summed E-state index contributed by atoms with van der Waals surface area (Å²) in [4.78, 5) is 30.9. The Balaban J connectivity index is 1.45. The van der Waals surface area contributed by atoms with E-state index in [2.05, 4.69) is 39.0 Å². The summed E-state index contributed by atoms with van der Waals surface area (Å²) in [5.74, 6) is -0.510. The Labute approximate surface area is 230 Å². The van der Waals surface area contributed by atoms with Crippen LogP contribution in [-0.4, -0.2) is 16.7 Å². The van der Waals surface area contributed by atoms with Crippen molar-refractivity contribution in [2.75, 3.05) is 4.90 Å². The third-order valence-corrected chi connectivity index (χ3v) is 7.80. The quantitative estimate of drug-likeness (QED) is 0.192. The predicted molar refractivity (Wildman–Crippen MR) is 155 cm³/mol. The molecule has 5 aromatic rings. The number of nitrogens with zero attached hydrogens (tertiary/aromatic N) is 2. The smallest absolute Gasteiger partial charge is 0.261 e. The second kappa shape index (κ2) is 10.3. The molecule has 38 heavy (non-hydrogen) atoms. The van der Waals surface area contributed by atoms with Crippen molar-refractivity contribution >= 4 is 44.2 Å². The van der Waals surface area contributed by atoms with E-state index in [4.69, 9.17) is 0 Å². The maximum absolute atomic E-state index is 13.6. The molecule has 0 bridgehead atoms. The number of anilines is 1. The lowest BCUT2D eigenvalue weighted by molar-refractivity contribution is 0.0598. The van der Waals surface area contributed by atoms with Crippen LogP contribution in [0.1, 0.15) is 37.4 Å². The lowest BCUT2D eigenvalue weighted by atomic mass is 9.92. The molecular formula is C33H25BrN2O2. The highest BCUT2D eigenvalue weighted by molar-refractivity contribution is 9.10. The lowest BCUT2D eigenvalue weighted by Gasteiger charge is -2.31. The number of carbonyl (C=O) groups excluding carboxylic acids is 2. The van der Waals surface area contributed by atoms with Crippen LogP contribution in [-0.2, 0) is 19.6 Å². The molecule has 0 unspecified atom stereocenters. The lowest BCUT2D eigenvalue weighted by Crippen LogP contribution is -2.39. The van der Waals surface area contributed by atoms with Crippen LogP contribution < -0.4 is 4.90 Å². The fraction of sp³-hybridized carbons (Fsp3) is 0.0909. The van der Waals surface area contributed by atoms with Gasteiger partial charge in [0.1, 0.15) is 0 Å². The average Bonchev–Trinajstić information content (AvgIpc) is 2.95. The van der Waals surface area contributed by atoms with Gasteiger partial charge in [0.15, 0.2) is 0 Å². The van der Waals surface area contributed by atoms with Gasteiger partial charge in [-0.1, -0.05) is 107 Å². The van der Waals surface area contributed by atoms with E-state index in [0.29, 0.717) is 24.2 Å². The van der Waals surface area contributed by atoms with Gasteiger partial charge >= 0.3 is 0 Å². The first kappa shape index (κ1) is 24.1. The largest absolute Gasteiger partial charge is 0.362 e. The summed E-state index contributed by atoms with van der Waals surface area (Å²) in [6.07, 6.45) is 0. The Kier molecular flexibility index (Phi) is 6.52. The fourth-order valence-electron chi connectivity index (χ4n) is 5.18. The number of hydrogen-bond acceptors (Lipinski definition) is 3. The highest BCUT2D eigenvalue weighted by Crippen LogP contribution is 2.38. The van der Waals surface area contributed by atoms with E-state index in [0.717, 1.165) is 32.1 Å². The maximum atomic E-state index is 13.6. The zero-order valence-corrected chi connectivity index (χ0v) is 22.3. The highest BCUT2D eigenvalue weighted by atomic mass is 79.9. The van der Waals surface area contributed by atoms with Crippen LogP contribution in [0.25, 0.3) is 10.8 Å². The Bertz CT molecular complexity index is 1630. The summed E-state index contributed by atoms with van der Waals surface area (Å²) in [7, 11) is 0. The maximum Gasteiger partial charge on any atom is 0.261 e. The molecule has 1 aliphatic heterocycles. The van der Waals surface area contributed by atoms with Gasteiger partial charge in [0, 0.05) is 45.1 Å². The van der Waals surface area contributed by atoms with Crippen LogP contribution >= 0.6 is 15.9 Å². The first-order valence-electron chi connectivity index (χ1n) is 12.6. The summed E-state index contributed by atoms with van der Waals surface area (Å²) in [5, 5.41) is 1.64. The predicted octanol–water partition coefficient (Wildman–Crippen LogP) is 7.61. The minimum Gasteiger partial charge on any atom is -0.362 e. The number of hydrogen-bond donors (Lipinski definition) is 0. The molecule has 0 spiro atoms. The van der Waals surface area contributed by atoms with E-state index in [1.54, 1.807) is 0 Å². The SMILES string of the molecule is O=C1c2cccc3c(N(Cc4ccccc4)Cc4ccccc4Br)ccc(c23)C(=O)N1Cc1ccccc1. The van der Waals surface area contributed by atoms with Gasteiger partial charge in [0.05, 0.1) is 6.54 Å². The van der Waals surface area contributed by atoms with Gasteiger partial charge in [-0.05, 0) is 41.0 Å². The molecule has 0 saturated carbocycles. The Morgan fingerprint density at radius 1 is 0.605 bits per heavy atom. The van der Waals surface area contributed by atoms with Crippen LogP contribution in [0.3, 0.4) is 0 Å². The number of imide groups is 1. The summed E-state index contributed by atoms with van der Waals surface area (Å²) >= 11 is 3.70. The molecular weight excluding hydrogens is 536 g/mol. The van der Waals surface area contributed by atoms with Crippen LogP contribution in [0.4, 0.5) is 5.69 Å².